The quantitative estimate of drug-likeness (QED) is 0.763. The van der Waals surface area contributed by atoms with Crippen LogP contribution in [0.4, 0.5) is 24.5 Å². The van der Waals surface area contributed by atoms with Crippen LogP contribution in [0.25, 0.3) is 0 Å². The Bertz CT molecular complexity index is 491. The van der Waals surface area contributed by atoms with Gasteiger partial charge in [-0.1, -0.05) is 0 Å². The van der Waals surface area contributed by atoms with Crippen LogP contribution in [0, 0.1) is 0 Å². The standard InChI is InChI=1S/C14H19F3N2O3/c15-14(16,17)12-7-10(19-3-5-22-6-4-19)1-2-13(12)18-8-11(21)9-20/h1-2,7,11,18,20-21H,3-6,8-9H2. The van der Waals surface area contributed by atoms with E-state index >= 15 is 0 Å². The number of alkyl halides is 3. The number of hydrogen-bond acceptors (Lipinski definition) is 5. The Morgan fingerprint density at radius 1 is 1.27 bits per heavy atom. The number of nitrogens with one attached hydrogen (secondary N) is 1. The van der Waals surface area contributed by atoms with Gasteiger partial charge in [-0.3, -0.25) is 0 Å². The number of aliphatic hydroxyl groups is 2. The molecule has 1 saturated heterocycles. The first-order valence-corrected chi connectivity index (χ1v) is 6.98. The molecule has 0 aliphatic carbocycles. The summed E-state index contributed by atoms with van der Waals surface area (Å²) in [6.07, 6.45) is -5.62. The highest BCUT2D eigenvalue weighted by Crippen LogP contribution is 2.37. The molecule has 1 heterocycles. The molecule has 5 nitrogen and oxygen atoms in total. The summed E-state index contributed by atoms with van der Waals surface area (Å²) >= 11 is 0. The van der Waals surface area contributed by atoms with Gasteiger partial charge in [0.1, 0.15) is 0 Å². The number of morpholine rings is 1. The highest BCUT2D eigenvalue weighted by molar-refractivity contribution is 5.62. The van der Waals surface area contributed by atoms with Crippen LogP contribution in [0.15, 0.2) is 18.2 Å². The van der Waals surface area contributed by atoms with Crippen LogP contribution >= 0.6 is 0 Å². The van der Waals surface area contributed by atoms with Crippen molar-refractivity contribution < 1.29 is 28.1 Å². The molecular weight excluding hydrogens is 301 g/mol. The van der Waals surface area contributed by atoms with Crippen molar-refractivity contribution in [3.63, 3.8) is 0 Å². The number of nitrogens with zero attached hydrogens (tertiary/aromatic N) is 1. The summed E-state index contributed by atoms with van der Waals surface area (Å²) in [6, 6.07) is 4.05. The van der Waals surface area contributed by atoms with Crippen molar-refractivity contribution in [1.82, 2.24) is 0 Å². The molecular formula is C14H19F3N2O3. The molecule has 1 aromatic carbocycles. The van der Waals surface area contributed by atoms with Gasteiger partial charge in [-0.25, -0.2) is 0 Å². The number of aliphatic hydroxyl groups excluding tert-OH is 2. The smallest absolute Gasteiger partial charge is 0.394 e. The van der Waals surface area contributed by atoms with Gasteiger partial charge in [-0.05, 0) is 18.2 Å². The van der Waals surface area contributed by atoms with Gasteiger partial charge in [0.15, 0.2) is 0 Å². The second kappa shape index (κ2) is 7.17. The van der Waals surface area contributed by atoms with E-state index < -0.39 is 24.5 Å². The third-order valence-electron chi connectivity index (χ3n) is 3.42. The van der Waals surface area contributed by atoms with E-state index in [1.165, 1.54) is 6.07 Å². The first kappa shape index (κ1) is 16.9. The summed E-state index contributed by atoms with van der Waals surface area (Å²) in [7, 11) is 0. The van der Waals surface area contributed by atoms with Crippen LogP contribution in [0.2, 0.25) is 0 Å². The SMILES string of the molecule is OCC(O)CNc1ccc(N2CCOCC2)cc1C(F)(F)F. The van der Waals surface area contributed by atoms with Crippen molar-refractivity contribution in [1.29, 1.82) is 0 Å². The number of rotatable bonds is 5. The van der Waals surface area contributed by atoms with Crippen molar-refractivity contribution in [2.45, 2.75) is 12.3 Å². The molecule has 1 fully saturated rings. The lowest BCUT2D eigenvalue weighted by Crippen LogP contribution is -2.36. The zero-order chi connectivity index (χ0) is 16.2. The molecule has 0 aromatic heterocycles. The molecule has 1 aliphatic heterocycles. The highest BCUT2D eigenvalue weighted by atomic mass is 19.4. The average Bonchev–Trinajstić information content (AvgIpc) is 2.52. The number of ether oxygens (including phenoxy) is 1. The van der Waals surface area contributed by atoms with E-state index in [1.54, 1.807) is 6.07 Å². The normalized spacial score (nSPS) is 17.4. The summed E-state index contributed by atoms with van der Waals surface area (Å²) in [5, 5.41) is 20.5. The fraction of sp³-hybridized carbons (Fsp3) is 0.571. The monoisotopic (exact) mass is 320 g/mol. The van der Waals surface area contributed by atoms with E-state index in [9.17, 15) is 18.3 Å². The third kappa shape index (κ3) is 4.25. The summed E-state index contributed by atoms with van der Waals surface area (Å²) in [6.45, 7) is 1.41. The molecule has 0 amide bonds. The molecule has 1 atom stereocenters. The van der Waals surface area contributed by atoms with Gasteiger partial charge in [-0.15, -0.1) is 0 Å². The van der Waals surface area contributed by atoms with Crippen molar-refractivity contribution in [2.24, 2.45) is 0 Å². The van der Waals surface area contributed by atoms with Crippen LogP contribution in [-0.4, -0.2) is 55.8 Å². The highest BCUT2D eigenvalue weighted by Gasteiger charge is 2.34. The van der Waals surface area contributed by atoms with Gasteiger partial charge in [0.2, 0.25) is 0 Å². The molecule has 124 valence electrons. The molecule has 0 spiro atoms. The van der Waals surface area contributed by atoms with E-state index in [0.717, 1.165) is 6.07 Å². The number of anilines is 2. The Kier molecular flexibility index (Phi) is 5.49. The molecule has 2 rings (SSSR count). The molecule has 1 unspecified atom stereocenters. The van der Waals surface area contributed by atoms with Gasteiger partial charge < -0.3 is 25.2 Å². The Morgan fingerprint density at radius 3 is 2.55 bits per heavy atom. The fourth-order valence-electron chi connectivity index (χ4n) is 2.23. The predicted molar refractivity (Wildman–Crippen MR) is 76.1 cm³/mol. The van der Waals surface area contributed by atoms with Crippen LogP contribution in [0.5, 0.6) is 0 Å². The molecule has 0 bridgehead atoms. The van der Waals surface area contributed by atoms with Gasteiger partial charge in [0.25, 0.3) is 0 Å². The Hall–Kier alpha value is -1.51. The van der Waals surface area contributed by atoms with Crippen LogP contribution in [0.1, 0.15) is 5.56 Å². The van der Waals surface area contributed by atoms with E-state index in [1.807, 2.05) is 4.90 Å². The van der Waals surface area contributed by atoms with E-state index in [2.05, 4.69) is 5.32 Å². The van der Waals surface area contributed by atoms with Crippen molar-refractivity contribution in [3.05, 3.63) is 23.8 Å². The van der Waals surface area contributed by atoms with Crippen LogP contribution in [0.3, 0.4) is 0 Å². The van der Waals surface area contributed by atoms with E-state index in [4.69, 9.17) is 9.84 Å². The van der Waals surface area contributed by atoms with Gasteiger partial charge in [0, 0.05) is 31.0 Å². The minimum absolute atomic E-state index is 0.114. The van der Waals surface area contributed by atoms with Crippen molar-refractivity contribution in [2.75, 3.05) is 49.7 Å². The fourth-order valence-corrected chi connectivity index (χ4v) is 2.23. The van der Waals surface area contributed by atoms with Gasteiger partial charge in [0.05, 0.1) is 31.5 Å². The molecule has 8 heteroatoms. The summed E-state index contributed by atoms with van der Waals surface area (Å²) in [5.74, 6) is 0. The second-order valence-corrected chi connectivity index (χ2v) is 5.04. The van der Waals surface area contributed by atoms with Crippen LogP contribution in [-0.2, 0) is 10.9 Å². The van der Waals surface area contributed by atoms with E-state index in [-0.39, 0.29) is 12.2 Å². The lowest BCUT2D eigenvalue weighted by molar-refractivity contribution is -0.136. The minimum atomic E-state index is -4.51. The minimum Gasteiger partial charge on any atom is -0.394 e. The summed E-state index contributed by atoms with van der Waals surface area (Å²) in [4.78, 5) is 1.84. The summed E-state index contributed by atoms with van der Waals surface area (Å²) < 4.78 is 44.8. The van der Waals surface area contributed by atoms with Gasteiger partial charge in [-0.2, -0.15) is 13.2 Å². The van der Waals surface area contributed by atoms with Crippen molar-refractivity contribution in [3.8, 4) is 0 Å². The zero-order valence-electron chi connectivity index (χ0n) is 11.9. The topological polar surface area (TPSA) is 65.0 Å². The Labute approximate surface area is 126 Å². The Morgan fingerprint density at radius 2 is 1.95 bits per heavy atom. The number of halogens is 3. The maximum absolute atomic E-state index is 13.2. The Balaban J connectivity index is 2.22. The van der Waals surface area contributed by atoms with Crippen molar-refractivity contribution >= 4 is 11.4 Å². The predicted octanol–water partition coefficient (Wildman–Crippen LogP) is 1.31. The lowest BCUT2D eigenvalue weighted by Gasteiger charge is -2.30. The maximum Gasteiger partial charge on any atom is 0.418 e. The van der Waals surface area contributed by atoms with Gasteiger partial charge >= 0.3 is 6.18 Å². The first-order chi connectivity index (χ1) is 10.4. The average molecular weight is 320 g/mol. The molecule has 3 N–H and O–H groups in total. The van der Waals surface area contributed by atoms with Crippen LogP contribution < -0.4 is 10.2 Å². The molecule has 1 aromatic rings. The lowest BCUT2D eigenvalue weighted by atomic mass is 10.1. The summed E-state index contributed by atoms with van der Waals surface area (Å²) in [5.41, 5.74) is -0.414. The van der Waals surface area contributed by atoms with E-state index in [0.29, 0.717) is 32.0 Å². The first-order valence-electron chi connectivity index (χ1n) is 6.98. The third-order valence-corrected chi connectivity index (χ3v) is 3.42. The zero-order valence-corrected chi connectivity index (χ0v) is 11.9. The second-order valence-electron chi connectivity index (χ2n) is 5.04. The molecule has 0 saturated carbocycles. The molecule has 1 aliphatic rings. The molecule has 0 radical (unpaired) electrons. The number of hydrogen-bond donors (Lipinski definition) is 3. The largest absolute Gasteiger partial charge is 0.418 e. The number of benzene rings is 1. The maximum atomic E-state index is 13.2. The molecule has 22 heavy (non-hydrogen) atoms.